The molecular formula is C18H28ClN. The minimum atomic E-state index is 0.304. The fourth-order valence-electron chi connectivity index (χ4n) is 4.23. The van der Waals surface area contributed by atoms with Crippen molar-refractivity contribution in [1.29, 1.82) is 0 Å². The van der Waals surface area contributed by atoms with Gasteiger partial charge in [0.15, 0.2) is 0 Å². The lowest BCUT2D eigenvalue weighted by atomic mass is 9.63. The SMILES string of the molecule is C[C@@H](NC1CC(C)(C)CC(C)(C)C1)c1ccccc1Cl. The molecule has 1 fully saturated rings. The van der Waals surface area contributed by atoms with Gasteiger partial charge in [-0.2, -0.15) is 0 Å². The molecule has 0 radical (unpaired) electrons. The summed E-state index contributed by atoms with van der Waals surface area (Å²) >= 11 is 6.31. The summed E-state index contributed by atoms with van der Waals surface area (Å²) in [6, 6.07) is 9.03. The third-order valence-electron chi connectivity index (χ3n) is 4.41. The van der Waals surface area contributed by atoms with E-state index < -0.39 is 0 Å². The van der Waals surface area contributed by atoms with Crippen molar-refractivity contribution in [2.75, 3.05) is 0 Å². The molecule has 1 aromatic rings. The number of hydrogen-bond donors (Lipinski definition) is 1. The quantitative estimate of drug-likeness (QED) is 0.765. The van der Waals surface area contributed by atoms with Gasteiger partial charge in [-0.05, 0) is 48.6 Å². The second-order valence-electron chi connectivity index (χ2n) is 8.02. The van der Waals surface area contributed by atoms with E-state index in [0.29, 0.717) is 22.9 Å². The molecule has 0 bridgehead atoms. The number of benzene rings is 1. The molecule has 1 atom stereocenters. The predicted octanol–water partition coefficient (Wildman–Crippen LogP) is 5.60. The van der Waals surface area contributed by atoms with Gasteiger partial charge in [0, 0.05) is 17.1 Å². The third-order valence-corrected chi connectivity index (χ3v) is 4.76. The second-order valence-corrected chi connectivity index (χ2v) is 8.43. The van der Waals surface area contributed by atoms with Crippen molar-refractivity contribution in [2.24, 2.45) is 10.8 Å². The molecule has 0 aliphatic heterocycles. The summed E-state index contributed by atoms with van der Waals surface area (Å²) in [4.78, 5) is 0. The minimum absolute atomic E-state index is 0.304. The summed E-state index contributed by atoms with van der Waals surface area (Å²) in [6.07, 6.45) is 3.79. The van der Waals surface area contributed by atoms with E-state index in [1.165, 1.54) is 24.8 Å². The van der Waals surface area contributed by atoms with Crippen molar-refractivity contribution in [3.63, 3.8) is 0 Å². The van der Waals surface area contributed by atoms with E-state index in [1.54, 1.807) is 0 Å². The average molecular weight is 294 g/mol. The minimum Gasteiger partial charge on any atom is -0.307 e. The molecule has 20 heavy (non-hydrogen) atoms. The van der Waals surface area contributed by atoms with Gasteiger partial charge in [-0.15, -0.1) is 0 Å². The Bertz CT molecular complexity index is 448. The van der Waals surface area contributed by atoms with Crippen LogP contribution in [0.5, 0.6) is 0 Å². The smallest absolute Gasteiger partial charge is 0.0453 e. The Balaban J connectivity index is 2.08. The lowest BCUT2D eigenvalue weighted by molar-refractivity contribution is 0.0811. The number of halogens is 1. The van der Waals surface area contributed by atoms with E-state index in [4.69, 9.17) is 11.6 Å². The molecule has 0 heterocycles. The first-order chi connectivity index (χ1) is 9.19. The van der Waals surface area contributed by atoms with Gasteiger partial charge in [0.2, 0.25) is 0 Å². The number of rotatable bonds is 3. The van der Waals surface area contributed by atoms with Gasteiger partial charge in [0.1, 0.15) is 0 Å². The molecule has 112 valence electrons. The Morgan fingerprint density at radius 2 is 1.65 bits per heavy atom. The Labute approximate surface area is 129 Å². The zero-order valence-corrected chi connectivity index (χ0v) is 14.2. The summed E-state index contributed by atoms with van der Waals surface area (Å²) in [5, 5.41) is 4.67. The number of nitrogens with one attached hydrogen (secondary N) is 1. The van der Waals surface area contributed by atoms with E-state index in [1.807, 2.05) is 12.1 Å². The average Bonchev–Trinajstić information content (AvgIpc) is 2.24. The van der Waals surface area contributed by atoms with Gasteiger partial charge in [0.05, 0.1) is 0 Å². The van der Waals surface area contributed by atoms with E-state index in [2.05, 4.69) is 52.1 Å². The largest absolute Gasteiger partial charge is 0.307 e. The molecule has 1 nitrogen and oxygen atoms in total. The molecule has 1 saturated carbocycles. The molecule has 0 aromatic heterocycles. The Morgan fingerprint density at radius 3 is 2.20 bits per heavy atom. The topological polar surface area (TPSA) is 12.0 Å². The predicted molar refractivity (Wildman–Crippen MR) is 88.2 cm³/mol. The highest BCUT2D eigenvalue weighted by molar-refractivity contribution is 6.31. The van der Waals surface area contributed by atoms with Gasteiger partial charge >= 0.3 is 0 Å². The molecule has 1 aromatic carbocycles. The van der Waals surface area contributed by atoms with Gasteiger partial charge < -0.3 is 5.32 Å². The van der Waals surface area contributed by atoms with Crippen LogP contribution in [-0.2, 0) is 0 Å². The molecular weight excluding hydrogens is 266 g/mol. The Kier molecular flexibility index (Phi) is 4.51. The molecule has 0 saturated heterocycles. The third kappa shape index (κ3) is 3.99. The van der Waals surface area contributed by atoms with Gasteiger partial charge in [0.25, 0.3) is 0 Å². The van der Waals surface area contributed by atoms with Gasteiger partial charge in [-0.25, -0.2) is 0 Å². The molecule has 0 unspecified atom stereocenters. The van der Waals surface area contributed by atoms with E-state index >= 15 is 0 Å². The van der Waals surface area contributed by atoms with Crippen molar-refractivity contribution in [3.05, 3.63) is 34.9 Å². The molecule has 1 N–H and O–H groups in total. The van der Waals surface area contributed by atoms with Crippen molar-refractivity contribution >= 4 is 11.6 Å². The van der Waals surface area contributed by atoms with Crippen molar-refractivity contribution in [2.45, 2.75) is 66.0 Å². The maximum atomic E-state index is 6.31. The summed E-state index contributed by atoms with van der Waals surface area (Å²) in [5.41, 5.74) is 2.04. The van der Waals surface area contributed by atoms with Crippen LogP contribution >= 0.6 is 11.6 Å². The van der Waals surface area contributed by atoms with Crippen LogP contribution < -0.4 is 5.32 Å². The summed E-state index contributed by atoms with van der Waals surface area (Å²) in [5.74, 6) is 0. The van der Waals surface area contributed by atoms with Crippen LogP contribution in [0, 0.1) is 10.8 Å². The van der Waals surface area contributed by atoms with E-state index in [9.17, 15) is 0 Å². The Morgan fingerprint density at radius 1 is 1.10 bits per heavy atom. The maximum absolute atomic E-state index is 6.31. The fraction of sp³-hybridized carbons (Fsp3) is 0.667. The molecule has 2 rings (SSSR count). The molecule has 2 heteroatoms. The standard InChI is InChI=1S/C18H28ClN/c1-13(15-8-6-7-9-16(15)19)20-14-10-17(2,3)12-18(4,5)11-14/h6-9,13-14,20H,10-12H2,1-5H3/t13-/m1/s1. The molecule has 1 aliphatic rings. The normalized spacial score (nSPS) is 23.5. The first kappa shape index (κ1) is 15.9. The van der Waals surface area contributed by atoms with Crippen LogP contribution in [0.15, 0.2) is 24.3 Å². The highest BCUT2D eigenvalue weighted by Gasteiger charge is 2.38. The lowest BCUT2D eigenvalue weighted by Gasteiger charge is -2.46. The van der Waals surface area contributed by atoms with Crippen LogP contribution in [-0.4, -0.2) is 6.04 Å². The molecule has 1 aliphatic carbocycles. The first-order valence-electron chi connectivity index (χ1n) is 7.69. The van der Waals surface area contributed by atoms with Gasteiger partial charge in [-0.3, -0.25) is 0 Å². The van der Waals surface area contributed by atoms with Crippen LogP contribution in [0.3, 0.4) is 0 Å². The second kappa shape index (κ2) is 5.69. The van der Waals surface area contributed by atoms with E-state index in [-0.39, 0.29) is 0 Å². The van der Waals surface area contributed by atoms with Crippen molar-refractivity contribution < 1.29 is 0 Å². The maximum Gasteiger partial charge on any atom is 0.0453 e. The molecule has 0 spiro atoms. The van der Waals surface area contributed by atoms with Crippen LogP contribution in [0.2, 0.25) is 5.02 Å². The van der Waals surface area contributed by atoms with Gasteiger partial charge in [-0.1, -0.05) is 57.5 Å². The van der Waals surface area contributed by atoms with Crippen molar-refractivity contribution in [3.8, 4) is 0 Å². The highest BCUT2D eigenvalue weighted by Crippen LogP contribution is 2.46. The zero-order valence-electron chi connectivity index (χ0n) is 13.5. The zero-order chi connectivity index (χ0) is 15.0. The van der Waals surface area contributed by atoms with Crippen molar-refractivity contribution in [1.82, 2.24) is 5.32 Å². The highest BCUT2D eigenvalue weighted by atomic mass is 35.5. The molecule has 0 amide bonds. The summed E-state index contributed by atoms with van der Waals surface area (Å²) in [6.45, 7) is 11.8. The monoisotopic (exact) mass is 293 g/mol. The lowest BCUT2D eigenvalue weighted by Crippen LogP contribution is -2.44. The van der Waals surface area contributed by atoms with Crippen LogP contribution in [0.1, 0.15) is 65.5 Å². The summed E-state index contributed by atoms with van der Waals surface area (Å²) in [7, 11) is 0. The summed E-state index contributed by atoms with van der Waals surface area (Å²) < 4.78 is 0. The Hall–Kier alpha value is -0.530. The fourth-order valence-corrected chi connectivity index (χ4v) is 4.53. The van der Waals surface area contributed by atoms with Crippen LogP contribution in [0.4, 0.5) is 0 Å². The number of hydrogen-bond acceptors (Lipinski definition) is 1. The van der Waals surface area contributed by atoms with E-state index in [0.717, 1.165) is 5.02 Å². The first-order valence-corrected chi connectivity index (χ1v) is 8.07. The van der Waals surface area contributed by atoms with Crippen LogP contribution in [0.25, 0.3) is 0 Å².